The third-order valence-corrected chi connectivity index (χ3v) is 7.16. The molecule has 2 aromatic carbocycles. The third kappa shape index (κ3) is 25.2. The van der Waals surface area contributed by atoms with Gasteiger partial charge in [0.05, 0.1) is 12.9 Å². The minimum atomic E-state index is -3.19. The van der Waals surface area contributed by atoms with Gasteiger partial charge in [0.2, 0.25) is 20.9 Å². The maximum absolute atomic E-state index is 13.0. The largest absolute Gasteiger partial charge is 0.444 e. The van der Waals surface area contributed by atoms with Gasteiger partial charge in [0.25, 0.3) is 0 Å². The van der Waals surface area contributed by atoms with E-state index in [4.69, 9.17) is 21.1 Å². The Balaban J connectivity index is 0.000000943. The van der Waals surface area contributed by atoms with Gasteiger partial charge in [-0.2, -0.15) is 0 Å². The lowest BCUT2D eigenvalue weighted by Gasteiger charge is -2.30. The summed E-state index contributed by atoms with van der Waals surface area (Å²) in [6, 6.07) is 17.9. The second-order valence-electron chi connectivity index (χ2n) is 15.3. The number of ether oxygens (including phenoxy) is 2. The van der Waals surface area contributed by atoms with Crippen molar-refractivity contribution < 1.29 is 42.2 Å². The predicted octanol–water partition coefficient (Wildman–Crippen LogP) is 6.54. The van der Waals surface area contributed by atoms with E-state index in [0.717, 1.165) is 17.4 Å². The molecule has 0 radical (unpaired) electrons. The zero-order valence-corrected chi connectivity index (χ0v) is 36.4. The van der Waals surface area contributed by atoms with Gasteiger partial charge in [-0.3, -0.25) is 9.59 Å². The fourth-order valence-corrected chi connectivity index (χ4v) is 4.86. The summed E-state index contributed by atoms with van der Waals surface area (Å²) in [5.41, 5.74) is 0.725. The highest BCUT2D eigenvalue weighted by Gasteiger charge is 2.31. The van der Waals surface area contributed by atoms with Crippen molar-refractivity contribution in [2.75, 3.05) is 31.8 Å². The van der Waals surface area contributed by atoms with Crippen LogP contribution in [0.3, 0.4) is 0 Å². The van der Waals surface area contributed by atoms with Gasteiger partial charge in [-0.25, -0.2) is 18.0 Å². The molecule has 13 nitrogen and oxygen atoms in total. The highest BCUT2D eigenvalue weighted by molar-refractivity contribution is 8.13. The summed E-state index contributed by atoms with van der Waals surface area (Å²) in [4.78, 5) is 53.3. The van der Waals surface area contributed by atoms with E-state index in [1.54, 1.807) is 51.3 Å². The number of alkyl carbamates (subject to hydrolysis) is 2. The van der Waals surface area contributed by atoms with Crippen LogP contribution in [0, 0.1) is 11.8 Å². The third-order valence-electron chi connectivity index (χ3n) is 6.99. The standard InChI is InChI=1S/C19H29ClN2O3.C19H30N2O4.CH3ClO2S/c1-14(2)16(21-18(24)25-19(3,4)5)17(23)22(12-11-20)13-15-9-7-6-8-10-15;1-14(2)16(20-18(24)25-19(3,4)5)17(23)21(11-12-22)13-15-9-7-6-8-10-15;1-5(2,3)4/h6-10,14,16H,11-13H2,1-5H3,(H,21,24);6-10,14,16,22H,11-13H2,1-5H3,(H,20,24);1H3/t2*16-;/m11./s1. The Kier molecular flexibility index (Phi) is 23.2. The molecule has 0 aliphatic heterocycles. The van der Waals surface area contributed by atoms with Crippen molar-refractivity contribution in [2.45, 2.75) is 106 Å². The molecule has 0 saturated heterocycles. The van der Waals surface area contributed by atoms with Crippen LogP contribution in [-0.4, -0.2) is 102 Å². The molecule has 2 atom stereocenters. The molecule has 2 rings (SSSR count). The molecule has 0 aromatic heterocycles. The van der Waals surface area contributed by atoms with Crippen molar-refractivity contribution in [1.82, 2.24) is 20.4 Å². The average Bonchev–Trinajstić information content (AvgIpc) is 3.04. The van der Waals surface area contributed by atoms with Crippen LogP contribution < -0.4 is 10.6 Å². The van der Waals surface area contributed by atoms with Crippen molar-refractivity contribution in [2.24, 2.45) is 11.8 Å². The Bertz CT molecular complexity index is 1440. The van der Waals surface area contributed by atoms with Crippen LogP contribution in [-0.2, 0) is 41.2 Å². The zero-order chi connectivity index (χ0) is 42.6. The molecule has 0 aliphatic carbocycles. The Morgan fingerprint density at radius 3 is 1.25 bits per heavy atom. The smallest absolute Gasteiger partial charge is 0.408 e. The molecule has 0 aliphatic rings. The highest BCUT2D eigenvalue weighted by atomic mass is 35.7. The fourth-order valence-electron chi connectivity index (χ4n) is 4.65. The van der Waals surface area contributed by atoms with E-state index in [0.29, 0.717) is 25.5 Å². The number of aliphatic hydroxyl groups is 1. The van der Waals surface area contributed by atoms with E-state index >= 15 is 0 Å². The lowest BCUT2D eigenvalue weighted by atomic mass is 10.0. The van der Waals surface area contributed by atoms with Gasteiger partial charge in [-0.1, -0.05) is 88.4 Å². The van der Waals surface area contributed by atoms with E-state index in [-0.39, 0.29) is 36.8 Å². The summed E-state index contributed by atoms with van der Waals surface area (Å²) in [7, 11) is 1.31. The molecular weight excluding hydrogens is 771 g/mol. The van der Waals surface area contributed by atoms with Crippen LogP contribution in [0.2, 0.25) is 0 Å². The van der Waals surface area contributed by atoms with E-state index in [1.165, 1.54) is 0 Å². The SMILES string of the molecule is CC(C)[C@@H](NC(=O)OC(C)(C)C)C(=O)N(CCCl)Cc1ccccc1.CC(C)[C@@H](NC(=O)OC(C)(C)C)C(=O)N(CCO)Cc1ccccc1.CS(=O)(=O)Cl. The number of nitrogens with one attached hydrogen (secondary N) is 2. The first-order valence-electron chi connectivity index (χ1n) is 18.0. The number of aliphatic hydroxyl groups excluding tert-OH is 1. The van der Waals surface area contributed by atoms with Gasteiger partial charge in [0.15, 0.2) is 0 Å². The van der Waals surface area contributed by atoms with Gasteiger partial charge in [-0.15, -0.1) is 11.6 Å². The molecule has 55 heavy (non-hydrogen) atoms. The van der Waals surface area contributed by atoms with Crippen LogP contribution in [0.25, 0.3) is 0 Å². The van der Waals surface area contributed by atoms with E-state index in [1.807, 2.05) is 88.4 Å². The first kappa shape index (κ1) is 51.4. The summed E-state index contributed by atoms with van der Waals surface area (Å²) in [6.07, 6.45) is -0.289. The molecule has 16 heteroatoms. The number of hydrogen-bond acceptors (Lipinski definition) is 9. The second kappa shape index (κ2) is 24.8. The fraction of sp³-hybridized carbons (Fsp3) is 0.590. The van der Waals surface area contributed by atoms with E-state index < -0.39 is 44.5 Å². The van der Waals surface area contributed by atoms with Gasteiger partial charge < -0.3 is 35.0 Å². The van der Waals surface area contributed by atoms with E-state index in [2.05, 4.69) is 21.3 Å². The van der Waals surface area contributed by atoms with Gasteiger partial charge in [-0.05, 0) is 64.5 Å². The number of benzene rings is 2. The molecule has 0 fully saturated rings. The van der Waals surface area contributed by atoms with Crippen molar-refractivity contribution in [3.05, 3.63) is 71.8 Å². The predicted molar refractivity (Wildman–Crippen MR) is 218 cm³/mol. The Hall–Kier alpha value is -3.59. The van der Waals surface area contributed by atoms with Gasteiger partial charge in [0, 0.05) is 42.7 Å². The minimum Gasteiger partial charge on any atom is -0.444 e. The summed E-state index contributed by atoms with van der Waals surface area (Å²) in [6.45, 7) is 19.5. The number of alkyl halides is 1. The Morgan fingerprint density at radius 2 is 1.00 bits per heavy atom. The highest BCUT2D eigenvalue weighted by Crippen LogP contribution is 2.15. The molecule has 4 amide bonds. The average molecular weight is 834 g/mol. The number of nitrogens with zero attached hydrogens (tertiary/aromatic N) is 2. The van der Waals surface area contributed by atoms with Crippen molar-refractivity contribution in [3.63, 3.8) is 0 Å². The van der Waals surface area contributed by atoms with Crippen molar-refractivity contribution in [1.29, 1.82) is 0 Å². The van der Waals surface area contributed by atoms with Crippen LogP contribution in [0.5, 0.6) is 0 Å². The van der Waals surface area contributed by atoms with E-state index in [9.17, 15) is 32.7 Å². The molecule has 0 heterocycles. The molecule has 2 aromatic rings. The summed E-state index contributed by atoms with van der Waals surface area (Å²) in [5.74, 6) is -0.259. The lowest BCUT2D eigenvalue weighted by molar-refractivity contribution is -0.136. The van der Waals surface area contributed by atoms with Crippen LogP contribution in [0.15, 0.2) is 60.7 Å². The topological polar surface area (TPSA) is 172 Å². The Labute approximate surface area is 337 Å². The maximum Gasteiger partial charge on any atom is 0.408 e. The monoisotopic (exact) mass is 832 g/mol. The molecule has 0 saturated carbocycles. The first-order valence-corrected chi connectivity index (χ1v) is 21.2. The van der Waals surface area contributed by atoms with Crippen molar-refractivity contribution in [3.8, 4) is 0 Å². The number of carbonyl (C=O) groups is 4. The molecular formula is C39H62Cl2N4O9S. The Morgan fingerprint density at radius 1 is 0.691 bits per heavy atom. The van der Waals surface area contributed by atoms with Crippen LogP contribution in [0.1, 0.15) is 80.4 Å². The number of carbonyl (C=O) groups excluding carboxylic acids is 4. The number of hydrogen-bond donors (Lipinski definition) is 3. The minimum absolute atomic E-state index is 0.0754. The quantitative estimate of drug-likeness (QED) is 0.141. The second-order valence-corrected chi connectivity index (χ2v) is 18.7. The maximum atomic E-state index is 13.0. The van der Waals surface area contributed by atoms with Crippen LogP contribution >= 0.6 is 22.3 Å². The normalized spacial score (nSPS) is 12.5. The first-order chi connectivity index (χ1) is 25.3. The zero-order valence-electron chi connectivity index (χ0n) is 34.1. The molecule has 3 N–H and O–H groups in total. The van der Waals surface area contributed by atoms with Crippen molar-refractivity contribution >= 4 is 55.3 Å². The van der Waals surface area contributed by atoms with Crippen LogP contribution in [0.4, 0.5) is 9.59 Å². The van der Waals surface area contributed by atoms with Gasteiger partial charge in [0.1, 0.15) is 23.3 Å². The number of amides is 4. The summed E-state index contributed by atoms with van der Waals surface area (Å²) >= 11 is 5.88. The molecule has 0 spiro atoms. The summed E-state index contributed by atoms with van der Waals surface area (Å²) in [5, 5.41) is 14.7. The molecule has 0 unspecified atom stereocenters. The van der Waals surface area contributed by atoms with Gasteiger partial charge >= 0.3 is 12.2 Å². The number of halogens is 2. The summed E-state index contributed by atoms with van der Waals surface area (Å²) < 4.78 is 29.3. The molecule has 312 valence electrons. The molecule has 0 bridgehead atoms. The number of rotatable bonds is 14. The lowest BCUT2D eigenvalue weighted by Crippen LogP contribution is -2.52.